The van der Waals surface area contributed by atoms with Gasteiger partial charge in [0.25, 0.3) is 0 Å². The highest BCUT2D eigenvalue weighted by molar-refractivity contribution is 5.73. The molecule has 1 fully saturated rings. The molecule has 0 unspecified atom stereocenters. The molecular weight excluding hydrogens is 156 g/mol. The first-order valence-electron chi connectivity index (χ1n) is 4.38. The highest BCUT2D eigenvalue weighted by Gasteiger charge is 2.34. The third-order valence-electron chi connectivity index (χ3n) is 2.29. The number of carbonyl (C=O) groups excluding carboxylic acids is 2. The molecule has 0 heterocycles. The number of aldehydes is 1. The first kappa shape index (κ1) is 9.23. The smallest absolute Gasteiger partial charge is 0.308 e. The number of ether oxygens (including phenoxy) is 1. The maximum Gasteiger partial charge on any atom is 0.308 e. The lowest BCUT2D eigenvalue weighted by Crippen LogP contribution is -2.32. The maximum atomic E-state index is 11.1. The Hall–Kier alpha value is -0.860. The summed E-state index contributed by atoms with van der Waals surface area (Å²) in [6.07, 6.45) is 3.18. The SMILES string of the molecule is CCOC(=O)C1CC(CC=O)C1. The van der Waals surface area contributed by atoms with E-state index in [1.54, 1.807) is 6.92 Å². The van der Waals surface area contributed by atoms with Crippen molar-refractivity contribution in [1.29, 1.82) is 0 Å². The van der Waals surface area contributed by atoms with Gasteiger partial charge in [-0.25, -0.2) is 0 Å². The molecule has 1 aliphatic rings. The van der Waals surface area contributed by atoms with Gasteiger partial charge in [0.15, 0.2) is 0 Å². The quantitative estimate of drug-likeness (QED) is 0.469. The predicted octanol–water partition coefficient (Wildman–Crippen LogP) is 1.16. The molecule has 0 N–H and O–H groups in total. The molecule has 3 nitrogen and oxygen atoms in total. The first-order chi connectivity index (χ1) is 5.77. The van der Waals surface area contributed by atoms with E-state index in [-0.39, 0.29) is 11.9 Å². The lowest BCUT2D eigenvalue weighted by molar-refractivity contribution is -0.153. The predicted molar refractivity (Wildman–Crippen MR) is 43.5 cm³/mol. The molecule has 1 saturated carbocycles. The Kier molecular flexibility index (Phi) is 3.26. The summed E-state index contributed by atoms with van der Waals surface area (Å²) in [7, 11) is 0. The molecule has 0 radical (unpaired) electrons. The van der Waals surface area contributed by atoms with Gasteiger partial charge in [-0.2, -0.15) is 0 Å². The third kappa shape index (κ3) is 2.06. The van der Waals surface area contributed by atoms with Crippen LogP contribution in [-0.4, -0.2) is 18.9 Å². The molecular formula is C9H14O3. The molecule has 0 aromatic carbocycles. The van der Waals surface area contributed by atoms with E-state index in [2.05, 4.69) is 0 Å². The fourth-order valence-electron chi connectivity index (χ4n) is 1.52. The van der Waals surface area contributed by atoms with Crippen LogP contribution in [0.1, 0.15) is 26.2 Å². The minimum atomic E-state index is -0.0975. The van der Waals surface area contributed by atoms with Gasteiger partial charge in [0.05, 0.1) is 12.5 Å². The first-order valence-corrected chi connectivity index (χ1v) is 4.38. The van der Waals surface area contributed by atoms with E-state index in [0.29, 0.717) is 18.9 Å². The van der Waals surface area contributed by atoms with Crippen LogP contribution >= 0.6 is 0 Å². The summed E-state index contributed by atoms with van der Waals surface area (Å²) < 4.78 is 4.84. The average molecular weight is 170 g/mol. The Labute approximate surface area is 72.1 Å². The van der Waals surface area contributed by atoms with Crippen LogP contribution < -0.4 is 0 Å². The fraction of sp³-hybridized carbons (Fsp3) is 0.778. The molecule has 0 aliphatic heterocycles. The van der Waals surface area contributed by atoms with E-state index < -0.39 is 0 Å². The van der Waals surface area contributed by atoms with E-state index >= 15 is 0 Å². The number of rotatable bonds is 4. The van der Waals surface area contributed by atoms with Gasteiger partial charge in [-0.05, 0) is 25.7 Å². The molecule has 0 bridgehead atoms. The van der Waals surface area contributed by atoms with E-state index in [1.807, 2.05) is 0 Å². The minimum Gasteiger partial charge on any atom is -0.466 e. The molecule has 1 aliphatic carbocycles. The zero-order valence-electron chi connectivity index (χ0n) is 7.29. The van der Waals surface area contributed by atoms with Crippen molar-refractivity contribution in [3.8, 4) is 0 Å². The van der Waals surface area contributed by atoms with Gasteiger partial charge in [-0.15, -0.1) is 0 Å². The van der Waals surface area contributed by atoms with Crippen LogP contribution in [0.5, 0.6) is 0 Å². The van der Waals surface area contributed by atoms with Crippen molar-refractivity contribution in [2.45, 2.75) is 26.2 Å². The summed E-state index contributed by atoms with van der Waals surface area (Å²) in [5, 5.41) is 0. The van der Waals surface area contributed by atoms with Gasteiger partial charge in [-0.1, -0.05) is 0 Å². The lowest BCUT2D eigenvalue weighted by Gasteiger charge is -2.31. The normalized spacial score (nSPS) is 27.4. The summed E-state index contributed by atoms with van der Waals surface area (Å²) in [6, 6.07) is 0. The Bertz CT molecular complexity index is 171. The number of hydrogen-bond acceptors (Lipinski definition) is 3. The van der Waals surface area contributed by atoms with Gasteiger partial charge in [0, 0.05) is 6.42 Å². The number of carbonyl (C=O) groups is 2. The largest absolute Gasteiger partial charge is 0.466 e. The lowest BCUT2D eigenvalue weighted by atomic mass is 9.73. The second-order valence-electron chi connectivity index (χ2n) is 3.19. The topological polar surface area (TPSA) is 43.4 Å². The molecule has 0 saturated heterocycles. The van der Waals surface area contributed by atoms with Crippen LogP contribution in [0.25, 0.3) is 0 Å². The number of hydrogen-bond donors (Lipinski definition) is 0. The average Bonchev–Trinajstić information content (AvgIpc) is 1.96. The van der Waals surface area contributed by atoms with Crippen molar-refractivity contribution >= 4 is 12.3 Å². The summed E-state index contributed by atoms with van der Waals surface area (Å²) in [5.74, 6) is 0.395. The molecule has 68 valence electrons. The van der Waals surface area contributed by atoms with E-state index in [9.17, 15) is 9.59 Å². The van der Waals surface area contributed by atoms with Crippen LogP contribution in [0.2, 0.25) is 0 Å². The van der Waals surface area contributed by atoms with Gasteiger partial charge in [0.1, 0.15) is 6.29 Å². The molecule has 12 heavy (non-hydrogen) atoms. The maximum absolute atomic E-state index is 11.1. The van der Waals surface area contributed by atoms with Crippen LogP contribution in [-0.2, 0) is 14.3 Å². The van der Waals surface area contributed by atoms with E-state index in [0.717, 1.165) is 19.1 Å². The molecule has 0 spiro atoms. The Morgan fingerprint density at radius 3 is 2.75 bits per heavy atom. The van der Waals surface area contributed by atoms with Crippen molar-refractivity contribution < 1.29 is 14.3 Å². The van der Waals surface area contributed by atoms with Crippen molar-refractivity contribution in [3.05, 3.63) is 0 Å². The Morgan fingerprint density at radius 2 is 2.25 bits per heavy atom. The van der Waals surface area contributed by atoms with Gasteiger partial charge in [0.2, 0.25) is 0 Å². The van der Waals surface area contributed by atoms with E-state index in [4.69, 9.17) is 4.74 Å². The van der Waals surface area contributed by atoms with Crippen molar-refractivity contribution in [1.82, 2.24) is 0 Å². The molecule has 0 amide bonds. The zero-order valence-corrected chi connectivity index (χ0v) is 7.29. The fourth-order valence-corrected chi connectivity index (χ4v) is 1.52. The van der Waals surface area contributed by atoms with Crippen molar-refractivity contribution in [2.24, 2.45) is 11.8 Å². The highest BCUT2D eigenvalue weighted by atomic mass is 16.5. The molecule has 0 aromatic rings. The molecule has 3 heteroatoms. The summed E-state index contributed by atoms with van der Waals surface area (Å²) in [4.78, 5) is 21.2. The molecule has 0 atom stereocenters. The molecule has 0 aromatic heterocycles. The Balaban J connectivity index is 2.15. The molecule has 1 rings (SSSR count). The van der Waals surface area contributed by atoms with Crippen LogP contribution in [0, 0.1) is 11.8 Å². The zero-order chi connectivity index (χ0) is 8.97. The standard InChI is InChI=1S/C9H14O3/c1-2-12-9(11)8-5-7(6-8)3-4-10/h4,7-8H,2-3,5-6H2,1H3. The summed E-state index contributed by atoms with van der Waals surface area (Å²) in [5.41, 5.74) is 0. The van der Waals surface area contributed by atoms with Crippen molar-refractivity contribution in [2.75, 3.05) is 6.61 Å². The van der Waals surface area contributed by atoms with Gasteiger partial charge >= 0.3 is 5.97 Å². The monoisotopic (exact) mass is 170 g/mol. The Morgan fingerprint density at radius 1 is 1.58 bits per heavy atom. The number of esters is 1. The second-order valence-corrected chi connectivity index (χ2v) is 3.19. The third-order valence-corrected chi connectivity index (χ3v) is 2.29. The van der Waals surface area contributed by atoms with Gasteiger partial charge < -0.3 is 9.53 Å². The second kappa shape index (κ2) is 4.24. The van der Waals surface area contributed by atoms with Crippen molar-refractivity contribution in [3.63, 3.8) is 0 Å². The summed E-state index contributed by atoms with van der Waals surface area (Å²) >= 11 is 0. The van der Waals surface area contributed by atoms with Crippen LogP contribution in [0.3, 0.4) is 0 Å². The highest BCUT2D eigenvalue weighted by Crippen LogP contribution is 2.36. The van der Waals surface area contributed by atoms with Gasteiger partial charge in [-0.3, -0.25) is 4.79 Å². The summed E-state index contributed by atoms with van der Waals surface area (Å²) in [6.45, 7) is 2.26. The van der Waals surface area contributed by atoms with E-state index in [1.165, 1.54) is 0 Å². The minimum absolute atomic E-state index is 0.0647. The van der Waals surface area contributed by atoms with Crippen LogP contribution in [0.4, 0.5) is 0 Å². The van der Waals surface area contributed by atoms with Crippen LogP contribution in [0.15, 0.2) is 0 Å².